The van der Waals surface area contributed by atoms with E-state index in [9.17, 15) is 4.79 Å². The van der Waals surface area contributed by atoms with Crippen LogP contribution in [0.15, 0.2) is 79.4 Å². The van der Waals surface area contributed by atoms with Gasteiger partial charge in [-0.15, -0.1) is 0 Å². The molecule has 140 valence electrons. The maximum Gasteiger partial charge on any atom is 0.224 e. The molecular weight excluding hydrogens is 350 g/mol. The number of nitrogens with zero attached hydrogens (tertiary/aromatic N) is 2. The van der Waals surface area contributed by atoms with E-state index >= 15 is 0 Å². The predicted octanol–water partition coefficient (Wildman–Crippen LogP) is 4.61. The van der Waals surface area contributed by atoms with Gasteiger partial charge in [-0.05, 0) is 53.8 Å². The Labute approximate surface area is 163 Å². The number of carbonyl (C=O) groups excluding carboxylic acids is 1. The molecule has 2 aromatic heterocycles. The van der Waals surface area contributed by atoms with Crippen molar-refractivity contribution in [1.29, 1.82) is 0 Å². The minimum atomic E-state index is -0.00171. The lowest BCUT2D eigenvalue weighted by Crippen LogP contribution is -2.11. The van der Waals surface area contributed by atoms with E-state index in [1.165, 1.54) is 0 Å². The predicted molar refractivity (Wildman–Crippen MR) is 111 cm³/mol. The normalized spacial score (nSPS) is 10.8. The SMILES string of the molecule is COc1ccc(CCC(=O)Nc2ccn(-c3ccc4cnccc4c3)c2)cc1. The van der Waals surface area contributed by atoms with Gasteiger partial charge >= 0.3 is 0 Å². The van der Waals surface area contributed by atoms with Gasteiger partial charge < -0.3 is 14.6 Å². The number of methoxy groups -OCH3 is 1. The third kappa shape index (κ3) is 4.04. The summed E-state index contributed by atoms with van der Waals surface area (Å²) in [5.41, 5.74) is 2.94. The van der Waals surface area contributed by atoms with Crippen molar-refractivity contribution in [2.24, 2.45) is 0 Å². The number of aromatic nitrogens is 2. The van der Waals surface area contributed by atoms with Crippen LogP contribution in [0.25, 0.3) is 16.5 Å². The lowest BCUT2D eigenvalue weighted by atomic mass is 10.1. The number of pyridine rings is 1. The number of aryl methyl sites for hydroxylation is 1. The van der Waals surface area contributed by atoms with Gasteiger partial charge in [-0.2, -0.15) is 0 Å². The number of hydrogen-bond donors (Lipinski definition) is 1. The summed E-state index contributed by atoms with van der Waals surface area (Å²) in [7, 11) is 1.64. The number of benzene rings is 2. The van der Waals surface area contributed by atoms with Crippen molar-refractivity contribution < 1.29 is 9.53 Å². The molecule has 0 spiro atoms. The number of anilines is 1. The average molecular weight is 371 g/mol. The van der Waals surface area contributed by atoms with Crippen LogP contribution < -0.4 is 10.1 Å². The number of carbonyl (C=O) groups is 1. The van der Waals surface area contributed by atoms with Gasteiger partial charge in [0, 0.05) is 42.3 Å². The summed E-state index contributed by atoms with van der Waals surface area (Å²) in [5.74, 6) is 0.817. The third-order valence-electron chi connectivity index (χ3n) is 4.70. The fraction of sp³-hybridized carbons (Fsp3) is 0.130. The number of amides is 1. The van der Waals surface area contributed by atoms with Crippen molar-refractivity contribution in [3.05, 3.63) is 84.9 Å². The Morgan fingerprint density at radius 2 is 1.93 bits per heavy atom. The fourth-order valence-corrected chi connectivity index (χ4v) is 3.14. The number of nitrogens with one attached hydrogen (secondary N) is 1. The Hall–Kier alpha value is -3.60. The maximum atomic E-state index is 12.3. The smallest absolute Gasteiger partial charge is 0.224 e. The molecule has 0 bridgehead atoms. The lowest BCUT2D eigenvalue weighted by Gasteiger charge is -2.06. The molecule has 0 aliphatic carbocycles. The van der Waals surface area contributed by atoms with Gasteiger partial charge in [0.05, 0.1) is 12.8 Å². The molecule has 4 rings (SSSR count). The Balaban J connectivity index is 1.38. The highest BCUT2D eigenvalue weighted by atomic mass is 16.5. The zero-order chi connectivity index (χ0) is 19.3. The summed E-state index contributed by atoms with van der Waals surface area (Å²) >= 11 is 0. The van der Waals surface area contributed by atoms with Crippen LogP contribution in [0, 0.1) is 0 Å². The van der Waals surface area contributed by atoms with Crippen LogP contribution in [0.2, 0.25) is 0 Å². The van der Waals surface area contributed by atoms with E-state index in [2.05, 4.69) is 16.4 Å². The second-order valence-electron chi connectivity index (χ2n) is 6.61. The molecular formula is C23H21N3O2. The average Bonchev–Trinajstić information content (AvgIpc) is 3.20. The van der Waals surface area contributed by atoms with Crippen LogP contribution in [0.1, 0.15) is 12.0 Å². The molecule has 4 aromatic rings. The first-order chi connectivity index (χ1) is 13.7. The number of hydrogen-bond acceptors (Lipinski definition) is 3. The largest absolute Gasteiger partial charge is 0.497 e. The summed E-state index contributed by atoms with van der Waals surface area (Å²) in [6.45, 7) is 0. The maximum absolute atomic E-state index is 12.3. The molecule has 0 aliphatic rings. The quantitative estimate of drug-likeness (QED) is 0.539. The molecule has 0 fully saturated rings. The second-order valence-corrected chi connectivity index (χ2v) is 6.61. The highest BCUT2D eigenvalue weighted by Gasteiger charge is 2.06. The summed E-state index contributed by atoms with van der Waals surface area (Å²) in [4.78, 5) is 16.4. The number of rotatable bonds is 6. The highest BCUT2D eigenvalue weighted by molar-refractivity contribution is 5.91. The van der Waals surface area contributed by atoms with Crippen LogP contribution in [-0.4, -0.2) is 22.6 Å². The van der Waals surface area contributed by atoms with Crippen molar-refractivity contribution in [3.63, 3.8) is 0 Å². The van der Waals surface area contributed by atoms with Crippen LogP contribution in [-0.2, 0) is 11.2 Å². The van der Waals surface area contributed by atoms with Gasteiger partial charge in [0.2, 0.25) is 5.91 Å². The molecule has 0 unspecified atom stereocenters. The monoisotopic (exact) mass is 371 g/mol. The van der Waals surface area contributed by atoms with E-state index in [0.29, 0.717) is 12.8 Å². The minimum absolute atomic E-state index is 0.00171. The molecule has 0 saturated carbocycles. The van der Waals surface area contributed by atoms with Gasteiger partial charge in [-0.1, -0.05) is 18.2 Å². The van der Waals surface area contributed by atoms with E-state index in [-0.39, 0.29) is 5.91 Å². The summed E-state index contributed by atoms with van der Waals surface area (Å²) in [6.07, 6.45) is 8.63. The van der Waals surface area contributed by atoms with E-state index < -0.39 is 0 Å². The van der Waals surface area contributed by atoms with Crippen LogP contribution in [0.3, 0.4) is 0 Å². The Morgan fingerprint density at radius 3 is 2.75 bits per heavy atom. The van der Waals surface area contributed by atoms with E-state index in [0.717, 1.165) is 33.5 Å². The standard InChI is InChI=1S/C23H21N3O2/c1-28-22-7-2-17(3-8-22)4-9-23(27)25-20-11-13-26(16-20)21-6-5-19-15-24-12-10-18(19)14-21/h2-3,5-8,10-16H,4,9H2,1H3,(H,25,27). The molecule has 2 aromatic carbocycles. The van der Waals surface area contributed by atoms with E-state index in [4.69, 9.17) is 4.74 Å². The number of ether oxygens (including phenoxy) is 1. The molecule has 0 saturated heterocycles. The van der Waals surface area contributed by atoms with Crippen molar-refractivity contribution in [2.45, 2.75) is 12.8 Å². The van der Waals surface area contributed by atoms with Gasteiger partial charge in [-0.25, -0.2) is 0 Å². The Kier molecular flexibility index (Phi) is 5.06. The molecule has 1 N–H and O–H groups in total. The van der Waals surface area contributed by atoms with Gasteiger partial charge in [0.25, 0.3) is 0 Å². The zero-order valence-corrected chi connectivity index (χ0v) is 15.6. The molecule has 5 heteroatoms. The van der Waals surface area contributed by atoms with Crippen molar-refractivity contribution >= 4 is 22.4 Å². The van der Waals surface area contributed by atoms with Crippen molar-refractivity contribution in [1.82, 2.24) is 9.55 Å². The molecule has 28 heavy (non-hydrogen) atoms. The van der Waals surface area contributed by atoms with Crippen LogP contribution in [0.5, 0.6) is 5.75 Å². The topological polar surface area (TPSA) is 56.1 Å². The van der Waals surface area contributed by atoms with Crippen LogP contribution >= 0.6 is 0 Å². The first-order valence-corrected chi connectivity index (χ1v) is 9.16. The van der Waals surface area contributed by atoms with E-state index in [1.54, 1.807) is 13.3 Å². The third-order valence-corrected chi connectivity index (χ3v) is 4.70. The molecule has 1 amide bonds. The lowest BCUT2D eigenvalue weighted by molar-refractivity contribution is -0.116. The first-order valence-electron chi connectivity index (χ1n) is 9.16. The molecule has 0 atom stereocenters. The van der Waals surface area contributed by atoms with Crippen LogP contribution in [0.4, 0.5) is 5.69 Å². The molecule has 2 heterocycles. The highest BCUT2D eigenvalue weighted by Crippen LogP contribution is 2.20. The van der Waals surface area contributed by atoms with E-state index in [1.807, 2.05) is 71.7 Å². The second kappa shape index (κ2) is 7.96. The summed E-state index contributed by atoms with van der Waals surface area (Å²) < 4.78 is 7.15. The first kappa shape index (κ1) is 17.8. The van der Waals surface area contributed by atoms with Crippen molar-refractivity contribution in [3.8, 4) is 11.4 Å². The molecule has 0 aliphatic heterocycles. The summed E-state index contributed by atoms with van der Waals surface area (Å²) in [6, 6.07) is 17.9. The van der Waals surface area contributed by atoms with Crippen molar-refractivity contribution in [2.75, 3.05) is 12.4 Å². The Bertz CT molecular complexity index is 1100. The fourth-order valence-electron chi connectivity index (χ4n) is 3.14. The number of fused-ring (bicyclic) bond motifs is 1. The van der Waals surface area contributed by atoms with Gasteiger partial charge in [0.1, 0.15) is 5.75 Å². The van der Waals surface area contributed by atoms with Gasteiger partial charge in [-0.3, -0.25) is 9.78 Å². The molecule has 0 radical (unpaired) electrons. The summed E-state index contributed by atoms with van der Waals surface area (Å²) in [5, 5.41) is 5.20. The zero-order valence-electron chi connectivity index (χ0n) is 15.6. The minimum Gasteiger partial charge on any atom is -0.497 e. The Morgan fingerprint density at radius 1 is 1.07 bits per heavy atom. The van der Waals surface area contributed by atoms with Gasteiger partial charge in [0.15, 0.2) is 0 Å². The molecule has 5 nitrogen and oxygen atoms in total.